The Bertz CT molecular complexity index is 233. The van der Waals surface area contributed by atoms with Gasteiger partial charge in [-0.3, -0.25) is 4.79 Å². The average molecular weight is 212 g/mol. The van der Waals surface area contributed by atoms with Crippen molar-refractivity contribution in [1.29, 1.82) is 0 Å². The molecule has 0 aliphatic carbocycles. The van der Waals surface area contributed by atoms with Gasteiger partial charge in [-0.15, -0.1) is 0 Å². The number of alkyl halides is 3. The van der Waals surface area contributed by atoms with E-state index in [9.17, 15) is 18.0 Å². The zero-order valence-corrected chi connectivity index (χ0v) is 8.70. The number of aliphatic carboxylic acids is 1. The first-order valence-electron chi connectivity index (χ1n) is 4.31. The van der Waals surface area contributed by atoms with Gasteiger partial charge in [0.05, 0.1) is 0 Å². The van der Waals surface area contributed by atoms with E-state index in [1.807, 2.05) is 0 Å². The lowest BCUT2D eigenvalue weighted by molar-refractivity contribution is -0.255. The van der Waals surface area contributed by atoms with Crippen LogP contribution in [-0.2, 0) is 4.79 Å². The predicted octanol–water partition coefficient (Wildman–Crippen LogP) is 3.08. The summed E-state index contributed by atoms with van der Waals surface area (Å²) in [5, 5.41) is 8.71. The van der Waals surface area contributed by atoms with E-state index in [1.165, 1.54) is 13.8 Å². The van der Waals surface area contributed by atoms with Gasteiger partial charge in [-0.05, 0) is 18.8 Å². The van der Waals surface area contributed by atoms with Crippen molar-refractivity contribution in [3.05, 3.63) is 0 Å². The first-order valence-corrected chi connectivity index (χ1v) is 4.31. The largest absolute Gasteiger partial charge is 0.481 e. The molecule has 0 aromatic carbocycles. The Morgan fingerprint density at radius 3 is 1.64 bits per heavy atom. The minimum Gasteiger partial charge on any atom is -0.481 e. The van der Waals surface area contributed by atoms with Gasteiger partial charge in [0.2, 0.25) is 0 Å². The molecule has 0 aliphatic rings. The minimum atomic E-state index is -4.74. The van der Waals surface area contributed by atoms with E-state index in [0.717, 1.165) is 6.92 Å². The van der Waals surface area contributed by atoms with Crippen LogP contribution in [0.15, 0.2) is 0 Å². The second-order valence-corrected chi connectivity index (χ2v) is 4.17. The third kappa shape index (κ3) is 1.72. The summed E-state index contributed by atoms with van der Waals surface area (Å²) in [4.78, 5) is 10.8. The molecule has 84 valence electrons. The number of carboxylic acids is 1. The molecule has 1 N–H and O–H groups in total. The van der Waals surface area contributed by atoms with E-state index in [1.54, 1.807) is 6.92 Å². The molecule has 0 saturated carbocycles. The lowest BCUT2D eigenvalue weighted by Gasteiger charge is -2.41. The molecular formula is C9H15F3O2. The van der Waals surface area contributed by atoms with Crippen LogP contribution in [0, 0.1) is 10.8 Å². The molecule has 0 aromatic heterocycles. The average Bonchev–Trinajstić information content (AvgIpc) is 2.00. The SMILES string of the molecule is CCC(C)(C)C(C)(C(=O)O)C(F)(F)F. The van der Waals surface area contributed by atoms with Crippen molar-refractivity contribution >= 4 is 5.97 Å². The molecule has 0 fully saturated rings. The molecule has 0 aliphatic heterocycles. The highest BCUT2D eigenvalue weighted by atomic mass is 19.4. The van der Waals surface area contributed by atoms with Gasteiger partial charge < -0.3 is 5.11 Å². The third-order valence-electron chi connectivity index (χ3n) is 3.23. The normalized spacial score (nSPS) is 17.6. The monoisotopic (exact) mass is 212 g/mol. The Hall–Kier alpha value is -0.740. The van der Waals surface area contributed by atoms with Crippen molar-refractivity contribution in [1.82, 2.24) is 0 Å². The predicted molar refractivity (Wildman–Crippen MR) is 45.9 cm³/mol. The van der Waals surface area contributed by atoms with Crippen LogP contribution in [-0.4, -0.2) is 17.3 Å². The molecule has 5 heteroatoms. The van der Waals surface area contributed by atoms with Crippen molar-refractivity contribution in [3.63, 3.8) is 0 Å². The van der Waals surface area contributed by atoms with Gasteiger partial charge in [-0.25, -0.2) is 0 Å². The summed E-state index contributed by atoms with van der Waals surface area (Å²) in [6, 6.07) is 0. The molecule has 0 amide bonds. The fraction of sp³-hybridized carbons (Fsp3) is 0.889. The van der Waals surface area contributed by atoms with E-state index in [4.69, 9.17) is 5.11 Å². The molecule has 0 aromatic rings. The Morgan fingerprint density at radius 2 is 1.57 bits per heavy atom. The molecule has 0 saturated heterocycles. The fourth-order valence-corrected chi connectivity index (χ4v) is 1.15. The molecule has 2 nitrogen and oxygen atoms in total. The van der Waals surface area contributed by atoms with Crippen LogP contribution in [0.2, 0.25) is 0 Å². The summed E-state index contributed by atoms with van der Waals surface area (Å²) >= 11 is 0. The summed E-state index contributed by atoms with van der Waals surface area (Å²) in [5.41, 5.74) is -4.02. The maximum absolute atomic E-state index is 12.7. The minimum absolute atomic E-state index is 0.148. The van der Waals surface area contributed by atoms with E-state index < -0.39 is 23.0 Å². The van der Waals surface area contributed by atoms with Gasteiger partial charge >= 0.3 is 12.1 Å². The molecule has 0 radical (unpaired) electrons. The molecule has 14 heavy (non-hydrogen) atoms. The fourth-order valence-electron chi connectivity index (χ4n) is 1.15. The van der Waals surface area contributed by atoms with Gasteiger partial charge in [0, 0.05) is 0 Å². The van der Waals surface area contributed by atoms with E-state index in [-0.39, 0.29) is 6.42 Å². The number of carbonyl (C=O) groups is 1. The van der Waals surface area contributed by atoms with Gasteiger partial charge in [0.1, 0.15) is 0 Å². The lowest BCUT2D eigenvalue weighted by Crippen LogP contribution is -2.52. The number of hydrogen-bond donors (Lipinski definition) is 1. The van der Waals surface area contributed by atoms with Gasteiger partial charge in [-0.2, -0.15) is 13.2 Å². The topological polar surface area (TPSA) is 37.3 Å². The first kappa shape index (κ1) is 13.3. The van der Waals surface area contributed by atoms with Crippen LogP contribution in [0.5, 0.6) is 0 Å². The number of carboxylic acid groups (broad SMARTS) is 1. The molecule has 1 unspecified atom stereocenters. The van der Waals surface area contributed by atoms with Crippen LogP contribution in [0.4, 0.5) is 13.2 Å². The highest BCUT2D eigenvalue weighted by Gasteiger charge is 2.64. The Labute approximate surface area is 81.1 Å². The van der Waals surface area contributed by atoms with Crippen molar-refractivity contribution in [2.75, 3.05) is 0 Å². The Balaban J connectivity index is 5.45. The maximum Gasteiger partial charge on any atom is 0.405 e. The third-order valence-corrected chi connectivity index (χ3v) is 3.23. The van der Waals surface area contributed by atoms with E-state index in [0.29, 0.717) is 0 Å². The highest BCUT2D eigenvalue weighted by molar-refractivity contribution is 5.76. The van der Waals surface area contributed by atoms with E-state index in [2.05, 4.69) is 0 Å². The van der Waals surface area contributed by atoms with Crippen molar-refractivity contribution < 1.29 is 23.1 Å². The van der Waals surface area contributed by atoms with Crippen LogP contribution >= 0.6 is 0 Å². The lowest BCUT2D eigenvalue weighted by atomic mass is 9.64. The summed E-state index contributed by atoms with van der Waals surface area (Å²) < 4.78 is 38.0. The molecular weight excluding hydrogens is 197 g/mol. The molecule has 0 rings (SSSR count). The maximum atomic E-state index is 12.7. The number of rotatable bonds is 3. The molecule has 0 bridgehead atoms. The number of hydrogen-bond acceptors (Lipinski definition) is 1. The zero-order chi connectivity index (χ0) is 11.8. The van der Waals surface area contributed by atoms with Gasteiger partial charge in [0.15, 0.2) is 5.41 Å². The molecule has 0 heterocycles. The smallest absolute Gasteiger partial charge is 0.405 e. The summed E-state index contributed by atoms with van der Waals surface area (Å²) in [6.45, 7) is 4.91. The van der Waals surface area contributed by atoms with E-state index >= 15 is 0 Å². The van der Waals surface area contributed by atoms with Gasteiger partial charge in [0.25, 0.3) is 0 Å². The Morgan fingerprint density at radius 1 is 1.21 bits per heavy atom. The second kappa shape index (κ2) is 3.44. The van der Waals surface area contributed by atoms with Gasteiger partial charge in [-0.1, -0.05) is 20.8 Å². The highest BCUT2D eigenvalue weighted by Crippen LogP contribution is 2.52. The van der Waals surface area contributed by atoms with Crippen molar-refractivity contribution in [2.45, 2.75) is 40.3 Å². The quantitative estimate of drug-likeness (QED) is 0.780. The Kier molecular flexibility index (Phi) is 3.26. The molecule has 1 atom stereocenters. The standard InChI is InChI=1S/C9H15F3O2/c1-5-7(2,3)8(4,6(13)14)9(10,11)12/h5H2,1-4H3,(H,13,14). The summed E-state index contributed by atoms with van der Waals surface area (Å²) in [7, 11) is 0. The summed E-state index contributed by atoms with van der Waals surface area (Å²) in [6.07, 6.45) is -4.59. The van der Waals surface area contributed by atoms with Crippen LogP contribution in [0.25, 0.3) is 0 Å². The van der Waals surface area contributed by atoms with Crippen molar-refractivity contribution in [2.24, 2.45) is 10.8 Å². The van der Waals surface area contributed by atoms with Crippen LogP contribution < -0.4 is 0 Å². The van der Waals surface area contributed by atoms with Crippen LogP contribution in [0.1, 0.15) is 34.1 Å². The van der Waals surface area contributed by atoms with Crippen molar-refractivity contribution in [3.8, 4) is 0 Å². The molecule has 0 spiro atoms. The first-order chi connectivity index (χ1) is 6.00. The second-order valence-electron chi connectivity index (χ2n) is 4.17. The van der Waals surface area contributed by atoms with Crippen LogP contribution in [0.3, 0.4) is 0 Å². The zero-order valence-electron chi connectivity index (χ0n) is 8.70. The number of halogens is 3. The summed E-state index contributed by atoms with van der Waals surface area (Å²) in [5.74, 6) is -1.82.